The summed E-state index contributed by atoms with van der Waals surface area (Å²) in [6, 6.07) is 15.1. The molecular weight excluding hydrogens is 328 g/mol. The molecule has 26 heavy (non-hydrogen) atoms. The van der Waals surface area contributed by atoms with Crippen molar-refractivity contribution < 1.29 is 14.3 Å². The number of hydrogen-bond acceptors (Lipinski definition) is 3. The molecule has 2 rings (SSSR count). The van der Waals surface area contributed by atoms with Gasteiger partial charge in [0.25, 0.3) is 0 Å². The number of hydrogen-bond donors (Lipinski definition) is 2. The molecule has 0 aromatic heterocycles. The lowest BCUT2D eigenvalue weighted by atomic mass is 10.1. The summed E-state index contributed by atoms with van der Waals surface area (Å²) in [5, 5.41) is 5.69. The topological polar surface area (TPSA) is 59.6 Å². The van der Waals surface area contributed by atoms with Crippen LogP contribution in [0, 0.1) is 0 Å². The van der Waals surface area contributed by atoms with Crippen LogP contribution in [0.1, 0.15) is 32.3 Å². The van der Waals surface area contributed by atoms with Gasteiger partial charge in [-0.3, -0.25) is 0 Å². The predicted molar refractivity (Wildman–Crippen MR) is 105 cm³/mol. The molecule has 2 amide bonds. The van der Waals surface area contributed by atoms with E-state index in [2.05, 4.69) is 17.6 Å². The predicted octanol–water partition coefficient (Wildman–Crippen LogP) is 4.63. The second-order valence-electron chi connectivity index (χ2n) is 5.93. The van der Waals surface area contributed by atoms with Gasteiger partial charge >= 0.3 is 6.03 Å². The van der Waals surface area contributed by atoms with Gasteiger partial charge in [0.05, 0.1) is 13.2 Å². The molecule has 140 valence electrons. The monoisotopic (exact) mass is 356 g/mol. The average molecular weight is 356 g/mol. The van der Waals surface area contributed by atoms with Crippen LogP contribution in [-0.4, -0.2) is 25.8 Å². The first kappa shape index (κ1) is 19.6. The van der Waals surface area contributed by atoms with Crippen molar-refractivity contribution in [2.75, 3.05) is 25.1 Å². The molecule has 0 heterocycles. The van der Waals surface area contributed by atoms with Crippen molar-refractivity contribution >= 4 is 11.7 Å². The lowest BCUT2D eigenvalue weighted by Gasteiger charge is -2.09. The SMILES string of the molecule is CCCCOc1ccc(NC(=O)NCCc2ccc(OCC)cc2)cc1. The lowest BCUT2D eigenvalue weighted by Crippen LogP contribution is -2.30. The summed E-state index contributed by atoms with van der Waals surface area (Å²) in [5.41, 5.74) is 1.90. The average Bonchev–Trinajstić information content (AvgIpc) is 2.65. The van der Waals surface area contributed by atoms with Crippen LogP contribution in [0.2, 0.25) is 0 Å². The van der Waals surface area contributed by atoms with Gasteiger partial charge in [0.15, 0.2) is 0 Å². The van der Waals surface area contributed by atoms with E-state index in [0.29, 0.717) is 13.2 Å². The standard InChI is InChI=1S/C21H28N2O3/c1-3-5-16-26-20-12-8-18(9-13-20)23-21(24)22-15-14-17-6-10-19(11-7-17)25-4-2/h6-13H,3-5,14-16H2,1-2H3,(H2,22,23,24). The fourth-order valence-electron chi connectivity index (χ4n) is 2.38. The van der Waals surface area contributed by atoms with Crippen molar-refractivity contribution in [3.8, 4) is 11.5 Å². The molecule has 0 spiro atoms. The Morgan fingerprint density at radius 2 is 1.58 bits per heavy atom. The maximum Gasteiger partial charge on any atom is 0.319 e. The number of rotatable bonds is 10. The fraction of sp³-hybridized carbons (Fsp3) is 0.381. The second-order valence-corrected chi connectivity index (χ2v) is 5.93. The Morgan fingerprint density at radius 1 is 0.923 bits per heavy atom. The van der Waals surface area contributed by atoms with Gasteiger partial charge in [-0.25, -0.2) is 4.79 Å². The van der Waals surface area contributed by atoms with Crippen molar-refractivity contribution in [2.24, 2.45) is 0 Å². The maximum absolute atomic E-state index is 12.0. The first-order valence-electron chi connectivity index (χ1n) is 9.20. The van der Waals surface area contributed by atoms with Gasteiger partial charge in [0.2, 0.25) is 0 Å². The molecule has 0 saturated heterocycles. The molecule has 2 N–H and O–H groups in total. The molecule has 0 aliphatic carbocycles. The third-order valence-corrected chi connectivity index (χ3v) is 3.81. The van der Waals surface area contributed by atoms with Crippen LogP contribution in [0.25, 0.3) is 0 Å². The Kier molecular flexibility index (Phi) is 8.33. The summed E-state index contributed by atoms with van der Waals surface area (Å²) in [7, 11) is 0. The highest BCUT2D eigenvalue weighted by Gasteiger charge is 2.02. The van der Waals surface area contributed by atoms with Gasteiger partial charge < -0.3 is 20.1 Å². The number of urea groups is 1. The molecule has 2 aromatic carbocycles. The normalized spacial score (nSPS) is 10.2. The molecule has 0 aliphatic heterocycles. The van der Waals surface area contributed by atoms with E-state index in [4.69, 9.17) is 9.47 Å². The molecule has 0 fully saturated rings. The molecule has 0 unspecified atom stereocenters. The van der Waals surface area contributed by atoms with E-state index in [1.165, 1.54) is 0 Å². The van der Waals surface area contributed by atoms with Crippen LogP contribution in [0.3, 0.4) is 0 Å². The molecule has 0 atom stereocenters. The zero-order valence-corrected chi connectivity index (χ0v) is 15.6. The van der Waals surface area contributed by atoms with Crippen LogP contribution in [0.5, 0.6) is 11.5 Å². The van der Waals surface area contributed by atoms with Crippen LogP contribution >= 0.6 is 0 Å². The molecule has 5 nitrogen and oxygen atoms in total. The molecule has 0 radical (unpaired) electrons. The van der Waals surface area contributed by atoms with Crippen molar-refractivity contribution in [1.29, 1.82) is 0 Å². The smallest absolute Gasteiger partial charge is 0.319 e. The Hall–Kier alpha value is -2.69. The van der Waals surface area contributed by atoms with Crippen molar-refractivity contribution in [1.82, 2.24) is 5.32 Å². The Bertz CT molecular complexity index is 654. The number of carbonyl (C=O) groups excluding carboxylic acids is 1. The zero-order chi connectivity index (χ0) is 18.6. The third kappa shape index (κ3) is 7.05. The van der Waals surface area contributed by atoms with E-state index >= 15 is 0 Å². The number of amides is 2. The number of carbonyl (C=O) groups is 1. The minimum atomic E-state index is -0.212. The lowest BCUT2D eigenvalue weighted by molar-refractivity contribution is 0.252. The summed E-state index contributed by atoms with van der Waals surface area (Å²) < 4.78 is 11.0. The molecule has 0 saturated carbocycles. The number of unbranched alkanes of at least 4 members (excludes halogenated alkanes) is 1. The zero-order valence-electron chi connectivity index (χ0n) is 15.6. The highest BCUT2D eigenvalue weighted by molar-refractivity contribution is 5.89. The van der Waals surface area contributed by atoms with E-state index in [-0.39, 0.29) is 6.03 Å². The highest BCUT2D eigenvalue weighted by atomic mass is 16.5. The summed E-state index contributed by atoms with van der Waals surface area (Å²) in [4.78, 5) is 12.0. The molecule has 2 aromatic rings. The minimum Gasteiger partial charge on any atom is -0.494 e. The number of anilines is 1. The Labute approximate surface area is 155 Å². The largest absolute Gasteiger partial charge is 0.494 e. The van der Waals surface area contributed by atoms with Gasteiger partial charge in [0, 0.05) is 12.2 Å². The van der Waals surface area contributed by atoms with Gasteiger partial charge in [-0.15, -0.1) is 0 Å². The van der Waals surface area contributed by atoms with E-state index in [9.17, 15) is 4.79 Å². The minimum absolute atomic E-state index is 0.212. The van der Waals surface area contributed by atoms with Gasteiger partial charge in [0.1, 0.15) is 11.5 Å². The van der Waals surface area contributed by atoms with Crippen molar-refractivity contribution in [2.45, 2.75) is 33.1 Å². The quantitative estimate of drug-likeness (QED) is 0.610. The van der Waals surface area contributed by atoms with Crippen molar-refractivity contribution in [3.63, 3.8) is 0 Å². The summed E-state index contributed by atoms with van der Waals surface area (Å²) in [6.07, 6.45) is 2.91. The summed E-state index contributed by atoms with van der Waals surface area (Å²) in [6.45, 7) is 6.04. The fourth-order valence-corrected chi connectivity index (χ4v) is 2.38. The summed E-state index contributed by atoms with van der Waals surface area (Å²) in [5.74, 6) is 1.68. The Balaban J connectivity index is 1.69. The molecule has 5 heteroatoms. The molecular formula is C21H28N2O3. The molecule has 0 bridgehead atoms. The first-order valence-corrected chi connectivity index (χ1v) is 9.20. The van der Waals surface area contributed by atoms with Gasteiger partial charge in [-0.2, -0.15) is 0 Å². The first-order chi connectivity index (χ1) is 12.7. The van der Waals surface area contributed by atoms with E-state index in [1.54, 1.807) is 0 Å². The van der Waals surface area contributed by atoms with E-state index in [1.807, 2.05) is 55.5 Å². The summed E-state index contributed by atoms with van der Waals surface area (Å²) >= 11 is 0. The van der Waals surface area contributed by atoms with Crippen LogP contribution in [-0.2, 0) is 6.42 Å². The highest BCUT2D eigenvalue weighted by Crippen LogP contribution is 2.16. The van der Waals surface area contributed by atoms with Crippen LogP contribution < -0.4 is 20.1 Å². The van der Waals surface area contributed by atoms with Crippen LogP contribution in [0.4, 0.5) is 10.5 Å². The van der Waals surface area contributed by atoms with E-state index < -0.39 is 0 Å². The Morgan fingerprint density at radius 3 is 2.23 bits per heavy atom. The number of ether oxygens (including phenoxy) is 2. The third-order valence-electron chi connectivity index (χ3n) is 3.81. The van der Waals surface area contributed by atoms with Gasteiger partial charge in [-0.1, -0.05) is 25.5 Å². The van der Waals surface area contributed by atoms with E-state index in [0.717, 1.165) is 48.6 Å². The van der Waals surface area contributed by atoms with Crippen molar-refractivity contribution in [3.05, 3.63) is 54.1 Å². The van der Waals surface area contributed by atoms with Crippen LogP contribution in [0.15, 0.2) is 48.5 Å². The molecule has 0 aliphatic rings. The number of benzene rings is 2. The second kappa shape index (κ2) is 11.0. The van der Waals surface area contributed by atoms with Gasteiger partial charge in [-0.05, 0) is 61.7 Å². The number of nitrogens with one attached hydrogen (secondary N) is 2. The maximum atomic E-state index is 12.0.